The lowest BCUT2D eigenvalue weighted by atomic mass is 10.0. The van der Waals surface area contributed by atoms with Crippen molar-refractivity contribution in [3.63, 3.8) is 0 Å². The number of nitrogens with one attached hydrogen (secondary N) is 1. The molecule has 2 rings (SSSR count). The molecule has 0 aliphatic heterocycles. The molecule has 0 fully saturated rings. The van der Waals surface area contributed by atoms with Crippen molar-refractivity contribution in [2.45, 2.75) is 25.8 Å². The first kappa shape index (κ1) is 12.2. The van der Waals surface area contributed by atoms with Crippen LogP contribution >= 0.6 is 11.3 Å². The summed E-state index contributed by atoms with van der Waals surface area (Å²) in [4.78, 5) is 5.32. The van der Waals surface area contributed by atoms with Gasteiger partial charge in [-0.1, -0.05) is 31.2 Å². The van der Waals surface area contributed by atoms with Gasteiger partial charge in [-0.3, -0.25) is 16.3 Å². The number of aromatic nitrogens is 1. The summed E-state index contributed by atoms with van der Waals surface area (Å²) >= 11 is 1.66. The first-order valence-corrected chi connectivity index (χ1v) is 6.63. The average Bonchev–Trinajstić information content (AvgIpc) is 2.89. The summed E-state index contributed by atoms with van der Waals surface area (Å²) in [7, 11) is 0. The van der Waals surface area contributed by atoms with Gasteiger partial charge >= 0.3 is 0 Å². The number of nitrogens with two attached hydrogens (primary N) is 1. The Balaban J connectivity index is 2.11. The maximum atomic E-state index is 5.63. The third kappa shape index (κ3) is 3.12. The molecule has 0 bridgehead atoms. The lowest BCUT2D eigenvalue weighted by Crippen LogP contribution is -2.29. The molecule has 1 aromatic heterocycles. The predicted molar refractivity (Wildman–Crippen MR) is 71.7 cm³/mol. The topological polar surface area (TPSA) is 50.9 Å². The van der Waals surface area contributed by atoms with Crippen LogP contribution in [0.4, 0.5) is 0 Å². The Morgan fingerprint density at radius 1 is 1.35 bits per heavy atom. The largest absolute Gasteiger partial charge is 0.271 e. The second-order valence-electron chi connectivity index (χ2n) is 3.99. The highest BCUT2D eigenvalue weighted by molar-refractivity contribution is 7.09. The van der Waals surface area contributed by atoms with E-state index in [1.165, 1.54) is 16.0 Å². The Hall–Kier alpha value is -1.23. The van der Waals surface area contributed by atoms with Crippen LogP contribution in [-0.4, -0.2) is 4.98 Å². The number of rotatable bonds is 5. The first-order valence-electron chi connectivity index (χ1n) is 5.75. The van der Waals surface area contributed by atoms with E-state index in [0.717, 1.165) is 12.8 Å². The number of hydrazine groups is 1. The fourth-order valence-corrected chi connectivity index (χ4v) is 2.44. The van der Waals surface area contributed by atoms with Gasteiger partial charge < -0.3 is 0 Å². The standard InChI is InChI=1S/C13H17N3S/c1-2-10-3-5-11(6-4-10)13(16-14)7-12-8-15-9-17-12/h3-6,8-9,13,16H,2,7,14H2,1H3. The van der Waals surface area contributed by atoms with Crippen molar-refractivity contribution in [3.05, 3.63) is 52.0 Å². The maximum Gasteiger partial charge on any atom is 0.0794 e. The van der Waals surface area contributed by atoms with E-state index in [4.69, 9.17) is 5.84 Å². The van der Waals surface area contributed by atoms with Crippen molar-refractivity contribution in [2.24, 2.45) is 5.84 Å². The van der Waals surface area contributed by atoms with E-state index < -0.39 is 0 Å². The predicted octanol–water partition coefficient (Wildman–Crippen LogP) is 2.45. The Labute approximate surface area is 106 Å². The minimum Gasteiger partial charge on any atom is -0.271 e. The van der Waals surface area contributed by atoms with Crippen LogP contribution in [0, 0.1) is 0 Å². The summed E-state index contributed by atoms with van der Waals surface area (Å²) in [5.41, 5.74) is 7.29. The van der Waals surface area contributed by atoms with Crippen LogP contribution in [0.1, 0.15) is 29.0 Å². The molecule has 1 heterocycles. The monoisotopic (exact) mass is 247 g/mol. The summed E-state index contributed by atoms with van der Waals surface area (Å²) in [5.74, 6) is 5.63. The average molecular weight is 247 g/mol. The van der Waals surface area contributed by atoms with E-state index in [2.05, 4.69) is 41.6 Å². The van der Waals surface area contributed by atoms with Gasteiger partial charge in [0.25, 0.3) is 0 Å². The molecule has 90 valence electrons. The smallest absolute Gasteiger partial charge is 0.0794 e. The van der Waals surface area contributed by atoms with Crippen LogP contribution < -0.4 is 11.3 Å². The lowest BCUT2D eigenvalue weighted by Gasteiger charge is -2.15. The third-order valence-electron chi connectivity index (χ3n) is 2.88. The number of thiazole rings is 1. The minimum atomic E-state index is 0.154. The second-order valence-corrected chi connectivity index (χ2v) is 4.96. The molecule has 0 amide bonds. The van der Waals surface area contributed by atoms with Crippen LogP contribution in [0.25, 0.3) is 0 Å². The SMILES string of the molecule is CCc1ccc(C(Cc2cncs2)NN)cc1. The Bertz CT molecular complexity index is 436. The highest BCUT2D eigenvalue weighted by atomic mass is 32.1. The highest BCUT2D eigenvalue weighted by Crippen LogP contribution is 2.20. The molecule has 3 nitrogen and oxygen atoms in total. The molecule has 2 aromatic rings. The lowest BCUT2D eigenvalue weighted by molar-refractivity contribution is 0.555. The van der Waals surface area contributed by atoms with Gasteiger partial charge in [0, 0.05) is 17.5 Å². The van der Waals surface area contributed by atoms with E-state index in [1.807, 2.05) is 11.7 Å². The summed E-state index contributed by atoms with van der Waals surface area (Å²) in [6, 6.07) is 8.76. The zero-order chi connectivity index (χ0) is 12.1. The molecule has 0 radical (unpaired) electrons. The maximum absolute atomic E-state index is 5.63. The fraction of sp³-hybridized carbons (Fsp3) is 0.308. The van der Waals surface area contributed by atoms with Gasteiger partial charge in [-0.2, -0.15) is 0 Å². The molecule has 0 saturated carbocycles. The molecule has 0 spiro atoms. The number of hydrogen-bond donors (Lipinski definition) is 2. The fourth-order valence-electron chi connectivity index (χ4n) is 1.80. The van der Waals surface area contributed by atoms with Crippen LogP contribution in [-0.2, 0) is 12.8 Å². The van der Waals surface area contributed by atoms with E-state index in [9.17, 15) is 0 Å². The number of aryl methyl sites for hydroxylation is 1. The van der Waals surface area contributed by atoms with Gasteiger partial charge in [0.05, 0.1) is 11.6 Å². The third-order valence-corrected chi connectivity index (χ3v) is 3.68. The zero-order valence-corrected chi connectivity index (χ0v) is 10.7. The van der Waals surface area contributed by atoms with Crippen LogP contribution in [0.15, 0.2) is 36.0 Å². The van der Waals surface area contributed by atoms with Crippen molar-refractivity contribution < 1.29 is 0 Å². The Kier molecular flexibility index (Phi) is 4.25. The normalized spacial score (nSPS) is 12.6. The molecule has 4 heteroatoms. The van der Waals surface area contributed by atoms with E-state index in [0.29, 0.717) is 0 Å². The van der Waals surface area contributed by atoms with Gasteiger partial charge in [0.2, 0.25) is 0 Å². The van der Waals surface area contributed by atoms with Crippen molar-refractivity contribution in [3.8, 4) is 0 Å². The summed E-state index contributed by atoms with van der Waals surface area (Å²) in [6.07, 6.45) is 3.85. The van der Waals surface area contributed by atoms with Crippen molar-refractivity contribution in [2.75, 3.05) is 0 Å². The molecule has 0 saturated heterocycles. The van der Waals surface area contributed by atoms with E-state index in [1.54, 1.807) is 11.3 Å². The minimum absolute atomic E-state index is 0.154. The molecular weight excluding hydrogens is 230 g/mol. The van der Waals surface area contributed by atoms with Crippen LogP contribution in [0.5, 0.6) is 0 Å². The number of hydrogen-bond acceptors (Lipinski definition) is 4. The summed E-state index contributed by atoms with van der Waals surface area (Å²) in [6.45, 7) is 2.16. The van der Waals surface area contributed by atoms with Gasteiger partial charge in [-0.25, -0.2) is 0 Å². The molecule has 1 atom stereocenters. The quantitative estimate of drug-likeness (QED) is 0.630. The van der Waals surface area contributed by atoms with E-state index >= 15 is 0 Å². The zero-order valence-electron chi connectivity index (χ0n) is 9.89. The van der Waals surface area contributed by atoms with Crippen LogP contribution in [0.2, 0.25) is 0 Å². The molecule has 1 unspecified atom stereocenters. The first-order chi connectivity index (χ1) is 8.33. The molecule has 0 aliphatic rings. The Morgan fingerprint density at radius 3 is 2.65 bits per heavy atom. The van der Waals surface area contributed by atoms with E-state index in [-0.39, 0.29) is 6.04 Å². The summed E-state index contributed by atoms with van der Waals surface area (Å²) in [5, 5.41) is 0. The molecule has 3 N–H and O–H groups in total. The molecule has 1 aromatic carbocycles. The summed E-state index contributed by atoms with van der Waals surface area (Å²) < 4.78 is 0. The molecular formula is C13H17N3S. The number of benzene rings is 1. The van der Waals surface area contributed by atoms with Crippen LogP contribution in [0.3, 0.4) is 0 Å². The highest BCUT2D eigenvalue weighted by Gasteiger charge is 2.11. The van der Waals surface area contributed by atoms with Gasteiger partial charge in [0.15, 0.2) is 0 Å². The molecule has 0 aliphatic carbocycles. The second kappa shape index (κ2) is 5.91. The van der Waals surface area contributed by atoms with Crippen molar-refractivity contribution >= 4 is 11.3 Å². The van der Waals surface area contributed by atoms with Gasteiger partial charge in [-0.05, 0) is 17.5 Å². The molecule has 17 heavy (non-hydrogen) atoms. The Morgan fingerprint density at radius 2 is 2.12 bits per heavy atom. The van der Waals surface area contributed by atoms with Crippen molar-refractivity contribution in [1.29, 1.82) is 0 Å². The van der Waals surface area contributed by atoms with Gasteiger partial charge in [0.1, 0.15) is 0 Å². The van der Waals surface area contributed by atoms with Gasteiger partial charge in [-0.15, -0.1) is 11.3 Å². The van der Waals surface area contributed by atoms with Crippen molar-refractivity contribution in [1.82, 2.24) is 10.4 Å². The number of nitrogens with zero attached hydrogens (tertiary/aromatic N) is 1.